The van der Waals surface area contributed by atoms with E-state index < -0.39 is 0 Å². The van der Waals surface area contributed by atoms with E-state index in [0.717, 1.165) is 56.7 Å². The van der Waals surface area contributed by atoms with Crippen molar-refractivity contribution in [2.75, 3.05) is 33.9 Å². The number of rotatable bonds is 4. The summed E-state index contributed by atoms with van der Waals surface area (Å²) in [6.07, 6.45) is 5.94. The molecule has 1 unspecified atom stereocenters. The molecule has 0 amide bonds. The molecule has 2 aliphatic rings. The molecule has 7 nitrogen and oxygen atoms in total. The number of hydrogen-bond acceptors (Lipinski definition) is 4. The van der Waals surface area contributed by atoms with Gasteiger partial charge in [0.05, 0.1) is 13.2 Å². The Kier molecular flexibility index (Phi) is 5.48. The van der Waals surface area contributed by atoms with Crippen LogP contribution in [0.15, 0.2) is 4.99 Å². The van der Waals surface area contributed by atoms with Gasteiger partial charge in [-0.25, -0.2) is 0 Å². The third-order valence-electron chi connectivity index (χ3n) is 4.79. The number of aliphatic imine (C=N–C) groups is 1. The molecule has 1 aromatic heterocycles. The average molecular weight is 320 g/mol. The summed E-state index contributed by atoms with van der Waals surface area (Å²) in [7, 11) is 3.61. The van der Waals surface area contributed by atoms with Gasteiger partial charge in [-0.3, -0.25) is 4.99 Å². The zero-order valence-corrected chi connectivity index (χ0v) is 14.3. The number of nitrogens with zero attached hydrogens (tertiary/aromatic N) is 5. The van der Waals surface area contributed by atoms with Crippen LogP contribution in [0.4, 0.5) is 0 Å². The van der Waals surface area contributed by atoms with Crippen molar-refractivity contribution in [3.63, 3.8) is 0 Å². The number of nitrogens with one attached hydrogen (secondary N) is 1. The first-order valence-corrected chi connectivity index (χ1v) is 8.67. The van der Waals surface area contributed by atoms with Crippen molar-refractivity contribution in [3.05, 3.63) is 11.6 Å². The van der Waals surface area contributed by atoms with Crippen LogP contribution in [-0.4, -0.2) is 59.5 Å². The molecule has 2 aliphatic heterocycles. The first-order chi connectivity index (χ1) is 11.3. The van der Waals surface area contributed by atoms with Crippen LogP contribution in [0.3, 0.4) is 0 Å². The fourth-order valence-electron chi connectivity index (χ4n) is 3.56. The number of hydrogen-bond donors (Lipinski definition) is 1. The summed E-state index contributed by atoms with van der Waals surface area (Å²) in [5.74, 6) is 3.71. The lowest BCUT2D eigenvalue weighted by Crippen LogP contribution is -2.40. The number of aromatic nitrogens is 3. The monoisotopic (exact) mass is 320 g/mol. The molecule has 7 heteroatoms. The Balaban J connectivity index is 1.58. The molecule has 23 heavy (non-hydrogen) atoms. The Morgan fingerprint density at radius 1 is 1.30 bits per heavy atom. The molecule has 0 radical (unpaired) electrons. The van der Waals surface area contributed by atoms with Crippen molar-refractivity contribution in [1.82, 2.24) is 25.0 Å². The summed E-state index contributed by atoms with van der Waals surface area (Å²) < 4.78 is 7.55. The van der Waals surface area contributed by atoms with E-state index in [-0.39, 0.29) is 0 Å². The van der Waals surface area contributed by atoms with Gasteiger partial charge in [-0.2, -0.15) is 0 Å². The van der Waals surface area contributed by atoms with Crippen LogP contribution in [0.1, 0.15) is 37.3 Å². The molecule has 1 atom stereocenters. The van der Waals surface area contributed by atoms with Crippen molar-refractivity contribution in [2.24, 2.45) is 10.9 Å². The highest BCUT2D eigenvalue weighted by Gasteiger charge is 2.25. The minimum absolute atomic E-state index is 0.600. The lowest BCUT2D eigenvalue weighted by atomic mass is 10.1. The van der Waals surface area contributed by atoms with E-state index in [1.807, 2.05) is 7.05 Å². The molecule has 0 saturated carbocycles. The highest BCUT2D eigenvalue weighted by atomic mass is 16.5. The van der Waals surface area contributed by atoms with Crippen molar-refractivity contribution in [1.29, 1.82) is 0 Å². The lowest BCUT2D eigenvalue weighted by Gasteiger charge is -2.21. The Bertz CT molecular complexity index is 541. The lowest BCUT2D eigenvalue weighted by molar-refractivity contribution is 0.157. The second-order valence-corrected chi connectivity index (χ2v) is 6.45. The molecule has 128 valence electrons. The van der Waals surface area contributed by atoms with Gasteiger partial charge in [0.2, 0.25) is 0 Å². The Morgan fingerprint density at radius 2 is 2.22 bits per heavy atom. The number of guanidine groups is 1. The normalized spacial score (nSPS) is 22.1. The van der Waals surface area contributed by atoms with Gasteiger partial charge in [0.1, 0.15) is 5.82 Å². The fourth-order valence-corrected chi connectivity index (χ4v) is 3.56. The van der Waals surface area contributed by atoms with E-state index in [1.54, 1.807) is 7.11 Å². The van der Waals surface area contributed by atoms with Crippen LogP contribution in [0.25, 0.3) is 0 Å². The summed E-state index contributed by atoms with van der Waals surface area (Å²) >= 11 is 0. The van der Waals surface area contributed by atoms with Gasteiger partial charge < -0.3 is 19.5 Å². The summed E-state index contributed by atoms with van der Waals surface area (Å²) in [6, 6.07) is 0. The van der Waals surface area contributed by atoms with Gasteiger partial charge in [0.25, 0.3) is 0 Å². The molecular weight excluding hydrogens is 292 g/mol. The number of aryl methyl sites for hydroxylation is 1. The van der Waals surface area contributed by atoms with E-state index >= 15 is 0 Å². The Morgan fingerprint density at radius 3 is 3.04 bits per heavy atom. The molecule has 3 heterocycles. The third-order valence-corrected chi connectivity index (χ3v) is 4.79. The summed E-state index contributed by atoms with van der Waals surface area (Å²) in [6.45, 7) is 4.59. The highest BCUT2D eigenvalue weighted by Crippen LogP contribution is 2.17. The quantitative estimate of drug-likeness (QED) is 0.663. The highest BCUT2D eigenvalue weighted by molar-refractivity contribution is 5.80. The predicted octanol–water partition coefficient (Wildman–Crippen LogP) is 1.05. The van der Waals surface area contributed by atoms with Crippen molar-refractivity contribution in [2.45, 2.75) is 45.2 Å². The number of fused-ring (bicyclic) bond motifs is 1. The van der Waals surface area contributed by atoms with Crippen LogP contribution >= 0.6 is 0 Å². The number of ether oxygens (including phenoxy) is 1. The molecule has 1 saturated heterocycles. The van der Waals surface area contributed by atoms with Crippen molar-refractivity contribution >= 4 is 5.96 Å². The molecular formula is C16H28N6O. The van der Waals surface area contributed by atoms with Gasteiger partial charge in [-0.15, -0.1) is 10.2 Å². The largest absolute Gasteiger partial charge is 0.384 e. The summed E-state index contributed by atoms with van der Waals surface area (Å²) in [5.41, 5.74) is 0. The van der Waals surface area contributed by atoms with Crippen LogP contribution in [0.5, 0.6) is 0 Å². The number of methoxy groups -OCH3 is 1. The molecule has 0 aromatic carbocycles. The maximum absolute atomic E-state index is 5.27. The third kappa shape index (κ3) is 3.83. The van der Waals surface area contributed by atoms with E-state index in [9.17, 15) is 0 Å². The first-order valence-electron chi connectivity index (χ1n) is 8.67. The molecule has 0 aliphatic carbocycles. The van der Waals surface area contributed by atoms with Crippen molar-refractivity contribution in [3.8, 4) is 0 Å². The standard InChI is InChI=1S/C16H28N6O/c1-17-16(21-9-7-13(11-21)12-23-2)18-10-15-20-19-14-6-4-3-5-8-22(14)15/h13H,3-12H2,1-2H3,(H,17,18). The van der Waals surface area contributed by atoms with E-state index in [0.29, 0.717) is 12.5 Å². The molecule has 0 spiro atoms. The zero-order valence-electron chi connectivity index (χ0n) is 14.3. The van der Waals surface area contributed by atoms with Gasteiger partial charge in [-0.05, 0) is 19.3 Å². The predicted molar refractivity (Wildman–Crippen MR) is 89.3 cm³/mol. The van der Waals surface area contributed by atoms with Crippen molar-refractivity contribution < 1.29 is 4.74 Å². The summed E-state index contributed by atoms with van der Waals surface area (Å²) in [4.78, 5) is 6.74. The zero-order chi connectivity index (χ0) is 16.1. The minimum Gasteiger partial charge on any atom is -0.384 e. The molecule has 3 rings (SSSR count). The van der Waals surface area contributed by atoms with Crippen LogP contribution in [0, 0.1) is 5.92 Å². The second kappa shape index (κ2) is 7.77. The van der Waals surface area contributed by atoms with Gasteiger partial charge in [0, 0.05) is 46.1 Å². The maximum Gasteiger partial charge on any atom is 0.194 e. The van der Waals surface area contributed by atoms with Crippen LogP contribution in [0.2, 0.25) is 0 Å². The average Bonchev–Trinajstić information content (AvgIpc) is 3.10. The molecule has 0 bridgehead atoms. The number of likely N-dealkylation sites (tertiary alicyclic amines) is 1. The molecule has 1 fully saturated rings. The van der Waals surface area contributed by atoms with E-state index in [2.05, 4.69) is 30.0 Å². The first kappa shape index (κ1) is 16.2. The fraction of sp³-hybridized carbons (Fsp3) is 0.812. The SMILES string of the molecule is CN=C(NCc1nnc2n1CCCCC2)N1CCC(COC)C1. The molecule has 1 N–H and O–H groups in total. The summed E-state index contributed by atoms with van der Waals surface area (Å²) in [5, 5.41) is 12.2. The van der Waals surface area contributed by atoms with Gasteiger partial charge >= 0.3 is 0 Å². The van der Waals surface area contributed by atoms with Crippen LogP contribution in [-0.2, 0) is 24.2 Å². The maximum atomic E-state index is 5.27. The Labute approximate surface area is 138 Å². The van der Waals surface area contributed by atoms with Gasteiger partial charge in [0.15, 0.2) is 11.8 Å². The molecule has 1 aromatic rings. The van der Waals surface area contributed by atoms with E-state index in [4.69, 9.17) is 4.74 Å². The Hall–Kier alpha value is -1.63. The topological polar surface area (TPSA) is 67.6 Å². The van der Waals surface area contributed by atoms with Gasteiger partial charge in [-0.1, -0.05) is 6.42 Å². The smallest absolute Gasteiger partial charge is 0.194 e. The minimum atomic E-state index is 0.600. The van der Waals surface area contributed by atoms with Crippen LogP contribution < -0.4 is 5.32 Å². The second-order valence-electron chi connectivity index (χ2n) is 6.45. The van der Waals surface area contributed by atoms with E-state index in [1.165, 1.54) is 19.3 Å².